The maximum absolute atomic E-state index is 14.1. The summed E-state index contributed by atoms with van der Waals surface area (Å²) in [5, 5.41) is 4.18. The second-order valence-electron chi connectivity index (χ2n) is 10.2. The minimum absolute atomic E-state index is 0.0701. The zero-order valence-electron chi connectivity index (χ0n) is 22.2. The van der Waals surface area contributed by atoms with Gasteiger partial charge in [0.2, 0.25) is 11.8 Å². The average molecular weight is 528 g/mol. The molecule has 2 N–H and O–H groups in total. The van der Waals surface area contributed by atoms with Gasteiger partial charge in [0.25, 0.3) is 0 Å². The molecule has 4 aromatic rings. The van der Waals surface area contributed by atoms with Crippen molar-refractivity contribution in [2.75, 3.05) is 7.11 Å². The van der Waals surface area contributed by atoms with Crippen molar-refractivity contribution in [2.45, 2.75) is 57.2 Å². The lowest BCUT2D eigenvalue weighted by molar-refractivity contribution is -0.141. The number of amides is 2. The Morgan fingerprint density at radius 1 is 1.00 bits per heavy atom. The zero-order chi connectivity index (χ0) is 27.2. The first-order chi connectivity index (χ1) is 19.0. The molecule has 0 radical (unpaired) electrons. The monoisotopic (exact) mass is 527 g/mol. The van der Waals surface area contributed by atoms with Crippen LogP contribution in [0.25, 0.3) is 10.9 Å². The molecule has 1 saturated carbocycles. The van der Waals surface area contributed by atoms with Crippen molar-refractivity contribution in [3.8, 4) is 5.75 Å². The van der Waals surface area contributed by atoms with E-state index in [0.717, 1.165) is 47.7 Å². The summed E-state index contributed by atoms with van der Waals surface area (Å²) >= 11 is 0. The van der Waals surface area contributed by atoms with Gasteiger partial charge in [-0.3, -0.25) is 9.59 Å². The maximum Gasteiger partial charge on any atom is 0.247 e. The highest BCUT2D eigenvalue weighted by molar-refractivity contribution is 5.92. The molecule has 202 valence electrons. The Morgan fingerprint density at radius 2 is 1.72 bits per heavy atom. The Bertz CT molecular complexity index is 1410. The molecule has 39 heavy (non-hydrogen) atoms. The highest BCUT2D eigenvalue weighted by Gasteiger charge is 2.33. The second kappa shape index (κ2) is 12.2. The van der Waals surface area contributed by atoms with Crippen molar-refractivity contribution < 1.29 is 18.7 Å². The second-order valence-corrected chi connectivity index (χ2v) is 10.2. The third kappa shape index (κ3) is 6.30. The van der Waals surface area contributed by atoms with Crippen molar-refractivity contribution >= 4 is 22.7 Å². The fraction of sp³-hybridized carbons (Fsp3) is 0.312. The number of para-hydroxylation sites is 1. The van der Waals surface area contributed by atoms with E-state index in [4.69, 9.17) is 4.74 Å². The largest absolute Gasteiger partial charge is 0.497 e. The van der Waals surface area contributed by atoms with E-state index in [1.54, 1.807) is 24.1 Å². The van der Waals surface area contributed by atoms with Crippen LogP contribution in [-0.2, 0) is 22.6 Å². The van der Waals surface area contributed by atoms with Gasteiger partial charge in [0, 0.05) is 29.7 Å². The summed E-state index contributed by atoms with van der Waals surface area (Å²) in [6, 6.07) is 20.3. The van der Waals surface area contributed by atoms with Gasteiger partial charge >= 0.3 is 0 Å². The lowest BCUT2D eigenvalue weighted by atomic mass is 9.94. The van der Waals surface area contributed by atoms with Crippen molar-refractivity contribution in [2.24, 2.45) is 0 Å². The highest BCUT2D eigenvalue weighted by atomic mass is 19.1. The Kier molecular flexibility index (Phi) is 8.25. The first-order valence-corrected chi connectivity index (χ1v) is 13.5. The van der Waals surface area contributed by atoms with Gasteiger partial charge in [0.1, 0.15) is 17.6 Å². The fourth-order valence-corrected chi connectivity index (χ4v) is 5.44. The van der Waals surface area contributed by atoms with Crippen LogP contribution >= 0.6 is 0 Å². The molecule has 3 aromatic carbocycles. The Hall–Kier alpha value is -4.13. The lowest BCUT2D eigenvalue weighted by Gasteiger charge is -2.33. The van der Waals surface area contributed by atoms with E-state index < -0.39 is 11.9 Å². The van der Waals surface area contributed by atoms with E-state index in [2.05, 4.69) is 10.3 Å². The normalized spacial score (nSPS) is 14.6. The number of hydrogen-bond donors (Lipinski definition) is 2. The molecule has 1 aromatic heterocycles. The van der Waals surface area contributed by atoms with Gasteiger partial charge in [-0.15, -0.1) is 0 Å². The number of methoxy groups -OCH3 is 1. The standard InChI is InChI=1S/C32H34FN3O3/c1-39-27-17-11-22(12-18-27)21-36(30(37)19-24-20-34-29-10-6-5-9-28(24)29)31(23-13-15-25(33)16-14-23)32(38)35-26-7-3-2-4-8-26/h5-6,9-18,20,26,31,34H,2-4,7-8,19,21H2,1H3,(H,35,38). The molecule has 0 saturated heterocycles. The number of carbonyl (C=O) groups is 2. The van der Waals surface area contributed by atoms with Gasteiger partial charge in [-0.2, -0.15) is 0 Å². The predicted molar refractivity (Wildman–Crippen MR) is 150 cm³/mol. The van der Waals surface area contributed by atoms with Crippen LogP contribution in [0.4, 0.5) is 4.39 Å². The quantitative estimate of drug-likeness (QED) is 0.277. The van der Waals surface area contributed by atoms with Crippen LogP contribution in [-0.4, -0.2) is 34.8 Å². The topological polar surface area (TPSA) is 74.4 Å². The maximum atomic E-state index is 14.1. The van der Waals surface area contributed by atoms with Gasteiger partial charge in [-0.05, 0) is 59.9 Å². The number of benzene rings is 3. The summed E-state index contributed by atoms with van der Waals surface area (Å²) in [6.07, 6.45) is 7.12. The number of aromatic nitrogens is 1. The summed E-state index contributed by atoms with van der Waals surface area (Å²) in [5.41, 5.74) is 3.25. The van der Waals surface area contributed by atoms with Gasteiger partial charge < -0.3 is 19.9 Å². The molecule has 1 aliphatic carbocycles. The van der Waals surface area contributed by atoms with Crippen molar-refractivity contribution in [1.82, 2.24) is 15.2 Å². The number of H-pyrrole nitrogens is 1. The molecular formula is C32H34FN3O3. The first-order valence-electron chi connectivity index (χ1n) is 13.5. The molecule has 1 atom stereocenters. The van der Waals surface area contributed by atoms with E-state index in [0.29, 0.717) is 11.3 Å². The number of nitrogens with zero attached hydrogens (tertiary/aromatic N) is 1. The molecule has 0 spiro atoms. The number of hydrogen-bond acceptors (Lipinski definition) is 3. The fourth-order valence-electron chi connectivity index (χ4n) is 5.44. The molecule has 1 unspecified atom stereocenters. The molecular weight excluding hydrogens is 493 g/mol. The molecule has 0 aliphatic heterocycles. The van der Waals surface area contributed by atoms with Crippen molar-refractivity contribution in [3.05, 3.63) is 102 Å². The van der Waals surface area contributed by atoms with Gasteiger partial charge in [-0.25, -0.2) is 4.39 Å². The summed E-state index contributed by atoms with van der Waals surface area (Å²) < 4.78 is 19.2. The minimum atomic E-state index is -0.910. The Morgan fingerprint density at radius 3 is 2.44 bits per heavy atom. The van der Waals surface area contributed by atoms with Gasteiger partial charge in [0.05, 0.1) is 13.5 Å². The van der Waals surface area contributed by atoms with E-state index >= 15 is 0 Å². The number of aromatic amines is 1. The number of ether oxygens (including phenoxy) is 1. The van der Waals surface area contributed by atoms with E-state index in [1.165, 1.54) is 18.6 Å². The summed E-state index contributed by atoms with van der Waals surface area (Å²) in [5.74, 6) is -0.115. The van der Waals surface area contributed by atoms with Crippen molar-refractivity contribution in [1.29, 1.82) is 0 Å². The summed E-state index contributed by atoms with van der Waals surface area (Å²) in [7, 11) is 1.60. The van der Waals surface area contributed by atoms with E-state index in [-0.39, 0.29) is 30.8 Å². The van der Waals surface area contributed by atoms with Crippen LogP contribution in [0.3, 0.4) is 0 Å². The first kappa shape index (κ1) is 26.5. The van der Waals surface area contributed by atoms with Gasteiger partial charge in [-0.1, -0.05) is 61.7 Å². The minimum Gasteiger partial charge on any atom is -0.497 e. The smallest absolute Gasteiger partial charge is 0.247 e. The van der Waals surface area contributed by atoms with Crippen LogP contribution in [0.2, 0.25) is 0 Å². The van der Waals surface area contributed by atoms with Crippen LogP contribution in [0.5, 0.6) is 5.75 Å². The van der Waals surface area contributed by atoms with Crippen LogP contribution in [0, 0.1) is 5.82 Å². The lowest BCUT2D eigenvalue weighted by Crippen LogP contribution is -2.47. The van der Waals surface area contributed by atoms with Crippen LogP contribution in [0.1, 0.15) is 54.8 Å². The molecule has 7 heteroatoms. The third-order valence-corrected chi connectivity index (χ3v) is 7.55. The number of halogens is 1. The summed E-state index contributed by atoms with van der Waals surface area (Å²) in [4.78, 5) is 32.9. The van der Waals surface area contributed by atoms with Crippen LogP contribution < -0.4 is 10.1 Å². The molecule has 0 bridgehead atoms. The average Bonchev–Trinajstić information content (AvgIpc) is 3.37. The predicted octanol–water partition coefficient (Wildman–Crippen LogP) is 6.08. The molecule has 1 aliphatic rings. The number of fused-ring (bicyclic) bond motifs is 1. The SMILES string of the molecule is COc1ccc(CN(C(=O)Cc2c[nH]c3ccccc23)C(C(=O)NC2CCCCC2)c2ccc(F)cc2)cc1. The van der Waals surface area contributed by atoms with Crippen LogP contribution in [0.15, 0.2) is 79.0 Å². The Balaban J connectivity index is 1.51. The molecule has 1 fully saturated rings. The Labute approximate surface area is 228 Å². The number of nitrogens with one attached hydrogen (secondary N) is 2. The van der Waals surface area contributed by atoms with Gasteiger partial charge in [0.15, 0.2) is 0 Å². The highest BCUT2D eigenvalue weighted by Crippen LogP contribution is 2.28. The molecule has 5 rings (SSSR count). The molecule has 2 amide bonds. The zero-order valence-corrected chi connectivity index (χ0v) is 22.2. The molecule has 6 nitrogen and oxygen atoms in total. The number of rotatable bonds is 9. The number of carbonyl (C=O) groups excluding carboxylic acids is 2. The summed E-state index contributed by atoms with van der Waals surface area (Å²) in [6.45, 7) is 0.214. The third-order valence-electron chi connectivity index (χ3n) is 7.55. The van der Waals surface area contributed by atoms with E-state index in [1.807, 2.05) is 54.7 Å². The molecule has 1 heterocycles. The van der Waals surface area contributed by atoms with E-state index in [9.17, 15) is 14.0 Å². The van der Waals surface area contributed by atoms with Crippen molar-refractivity contribution in [3.63, 3.8) is 0 Å².